The van der Waals surface area contributed by atoms with Gasteiger partial charge in [0.15, 0.2) is 0 Å². The van der Waals surface area contributed by atoms with E-state index < -0.39 is 10.0 Å². The Morgan fingerprint density at radius 1 is 1.36 bits per heavy atom. The zero-order valence-electron chi connectivity index (χ0n) is 13.8. The molecule has 7 heteroatoms. The quantitative estimate of drug-likeness (QED) is 0.890. The van der Waals surface area contributed by atoms with Crippen LogP contribution < -0.4 is 5.32 Å². The van der Waals surface area contributed by atoms with Gasteiger partial charge in [-0.15, -0.1) is 23.7 Å². The fourth-order valence-corrected chi connectivity index (χ4v) is 5.76. The van der Waals surface area contributed by atoms with E-state index in [1.807, 2.05) is 13.1 Å². The predicted octanol–water partition coefficient (Wildman–Crippen LogP) is 3.09. The molecule has 0 saturated carbocycles. The highest BCUT2D eigenvalue weighted by Crippen LogP contribution is 2.34. The molecule has 2 heterocycles. The third-order valence-electron chi connectivity index (χ3n) is 3.89. The largest absolute Gasteiger partial charge is 0.319 e. The van der Waals surface area contributed by atoms with E-state index in [-0.39, 0.29) is 17.8 Å². The van der Waals surface area contributed by atoms with E-state index in [1.54, 1.807) is 10.4 Å². The third kappa shape index (κ3) is 4.45. The summed E-state index contributed by atoms with van der Waals surface area (Å²) < 4.78 is 27.7. The maximum absolute atomic E-state index is 12.8. The monoisotopic (exact) mass is 366 g/mol. The van der Waals surface area contributed by atoms with Gasteiger partial charge in [0.1, 0.15) is 4.21 Å². The summed E-state index contributed by atoms with van der Waals surface area (Å²) in [6.07, 6.45) is 2.05. The van der Waals surface area contributed by atoms with Crippen LogP contribution in [0.2, 0.25) is 0 Å². The van der Waals surface area contributed by atoms with Crippen LogP contribution in [0.3, 0.4) is 0 Å². The van der Waals surface area contributed by atoms with Crippen LogP contribution in [0.25, 0.3) is 0 Å². The molecule has 0 aliphatic carbocycles. The number of nitrogens with one attached hydrogen (secondary N) is 1. The van der Waals surface area contributed by atoms with Crippen LogP contribution in [0.1, 0.15) is 38.5 Å². The van der Waals surface area contributed by atoms with Gasteiger partial charge < -0.3 is 5.32 Å². The highest BCUT2D eigenvalue weighted by atomic mass is 35.5. The lowest BCUT2D eigenvalue weighted by molar-refractivity contribution is 0.264. The first kappa shape index (κ1) is 19.9. The molecule has 0 aromatic carbocycles. The van der Waals surface area contributed by atoms with Crippen LogP contribution in [0.15, 0.2) is 16.3 Å². The summed E-state index contributed by atoms with van der Waals surface area (Å²) in [7, 11) is -1.41. The van der Waals surface area contributed by atoms with Gasteiger partial charge in [0, 0.05) is 18.0 Å². The van der Waals surface area contributed by atoms with Crippen molar-refractivity contribution in [2.75, 3.05) is 26.7 Å². The summed E-state index contributed by atoms with van der Waals surface area (Å²) in [5.41, 5.74) is -0.00496. The van der Waals surface area contributed by atoms with Crippen molar-refractivity contribution < 1.29 is 8.42 Å². The Kier molecular flexibility index (Phi) is 6.89. The number of halogens is 1. The van der Waals surface area contributed by atoms with E-state index in [4.69, 9.17) is 0 Å². The standard InChI is InChI=1S/C15H26N2O2S2.ClH/c1-15(2,3)13-7-8-14(20-13)21(18,19)17-9-5-6-12(11-17)10-16-4;/h7-8,12,16H,5-6,9-11H2,1-4H3;1H. The molecule has 1 atom stereocenters. The summed E-state index contributed by atoms with van der Waals surface area (Å²) in [6.45, 7) is 8.48. The second-order valence-corrected chi connectivity index (χ2v) is 10.0. The second kappa shape index (κ2) is 7.62. The van der Waals surface area contributed by atoms with E-state index in [0.29, 0.717) is 23.2 Å². The lowest BCUT2D eigenvalue weighted by Crippen LogP contribution is -2.42. The van der Waals surface area contributed by atoms with E-state index in [0.717, 1.165) is 24.3 Å². The maximum atomic E-state index is 12.8. The minimum absolute atomic E-state index is 0. The molecule has 1 aliphatic rings. The fraction of sp³-hybridized carbons (Fsp3) is 0.733. The Morgan fingerprint density at radius 3 is 2.59 bits per heavy atom. The number of hydrogen-bond acceptors (Lipinski definition) is 4. The SMILES string of the molecule is CNCC1CCCN(S(=O)(=O)c2ccc(C(C)(C)C)s2)C1.Cl. The van der Waals surface area contributed by atoms with Crippen molar-refractivity contribution in [1.82, 2.24) is 9.62 Å². The van der Waals surface area contributed by atoms with Crippen molar-refractivity contribution in [2.24, 2.45) is 5.92 Å². The first-order chi connectivity index (χ1) is 9.75. The molecule has 1 aromatic rings. The third-order valence-corrected chi connectivity index (χ3v) is 7.73. The first-order valence-corrected chi connectivity index (χ1v) is 9.76. The summed E-state index contributed by atoms with van der Waals surface area (Å²) in [6, 6.07) is 3.72. The Bertz CT molecular complexity index is 577. The topological polar surface area (TPSA) is 49.4 Å². The van der Waals surface area contributed by atoms with Crippen LogP contribution in [-0.2, 0) is 15.4 Å². The first-order valence-electron chi connectivity index (χ1n) is 7.50. The molecule has 0 spiro atoms. The number of rotatable bonds is 4. The highest BCUT2D eigenvalue weighted by Gasteiger charge is 2.31. The summed E-state index contributed by atoms with van der Waals surface area (Å²) in [4.78, 5) is 1.12. The highest BCUT2D eigenvalue weighted by molar-refractivity contribution is 7.91. The molecule has 2 rings (SSSR count). The molecule has 1 aliphatic heterocycles. The van der Waals surface area contributed by atoms with E-state index in [9.17, 15) is 8.42 Å². The average molecular weight is 367 g/mol. The van der Waals surface area contributed by atoms with Gasteiger partial charge >= 0.3 is 0 Å². The van der Waals surface area contributed by atoms with Gasteiger partial charge in [-0.2, -0.15) is 4.31 Å². The number of piperidine rings is 1. The molecule has 4 nitrogen and oxygen atoms in total. The van der Waals surface area contributed by atoms with Gasteiger partial charge in [-0.3, -0.25) is 0 Å². The minimum Gasteiger partial charge on any atom is -0.319 e. The van der Waals surface area contributed by atoms with Crippen LogP contribution in [0.5, 0.6) is 0 Å². The van der Waals surface area contributed by atoms with Crippen molar-refractivity contribution in [3.8, 4) is 0 Å². The minimum atomic E-state index is -3.33. The van der Waals surface area contributed by atoms with E-state index >= 15 is 0 Å². The van der Waals surface area contributed by atoms with Gasteiger partial charge in [0.05, 0.1) is 0 Å². The number of nitrogens with zero attached hydrogens (tertiary/aromatic N) is 1. The van der Waals surface area contributed by atoms with Crippen molar-refractivity contribution in [1.29, 1.82) is 0 Å². The molecule has 0 bridgehead atoms. The number of thiophene rings is 1. The van der Waals surface area contributed by atoms with Crippen LogP contribution in [-0.4, -0.2) is 39.4 Å². The normalized spacial score (nSPS) is 20.6. The molecule has 22 heavy (non-hydrogen) atoms. The van der Waals surface area contributed by atoms with E-state index in [2.05, 4.69) is 26.1 Å². The molecular formula is C15H27ClN2O2S2. The van der Waals surface area contributed by atoms with Gasteiger partial charge in [-0.25, -0.2) is 8.42 Å². The van der Waals surface area contributed by atoms with Crippen LogP contribution in [0, 0.1) is 5.92 Å². The summed E-state index contributed by atoms with van der Waals surface area (Å²) >= 11 is 1.41. The van der Waals surface area contributed by atoms with Gasteiger partial charge in [-0.05, 0) is 49.9 Å². The van der Waals surface area contributed by atoms with E-state index in [1.165, 1.54) is 11.3 Å². The molecule has 1 saturated heterocycles. The molecule has 1 aromatic heterocycles. The number of sulfonamides is 1. The van der Waals surface area contributed by atoms with Gasteiger partial charge in [-0.1, -0.05) is 20.8 Å². The smallest absolute Gasteiger partial charge is 0.252 e. The summed E-state index contributed by atoms with van der Waals surface area (Å²) in [5.74, 6) is 0.417. The molecule has 1 N–H and O–H groups in total. The zero-order valence-corrected chi connectivity index (χ0v) is 16.2. The van der Waals surface area contributed by atoms with Gasteiger partial charge in [0.2, 0.25) is 0 Å². The summed E-state index contributed by atoms with van der Waals surface area (Å²) in [5, 5.41) is 3.15. The molecule has 0 radical (unpaired) electrons. The molecule has 128 valence electrons. The number of hydrogen-bond donors (Lipinski definition) is 1. The molecule has 1 fully saturated rings. The van der Waals surface area contributed by atoms with Crippen molar-refractivity contribution in [3.05, 3.63) is 17.0 Å². The van der Waals surface area contributed by atoms with Crippen LogP contribution in [0.4, 0.5) is 0 Å². The van der Waals surface area contributed by atoms with Crippen molar-refractivity contribution in [2.45, 2.75) is 43.2 Å². The zero-order chi connectivity index (χ0) is 15.7. The average Bonchev–Trinajstić information content (AvgIpc) is 2.89. The lowest BCUT2D eigenvalue weighted by Gasteiger charge is -2.31. The fourth-order valence-electron chi connectivity index (χ4n) is 2.69. The Balaban J connectivity index is 0.00000242. The Labute approximate surface area is 144 Å². The molecular weight excluding hydrogens is 340 g/mol. The predicted molar refractivity (Wildman–Crippen MR) is 95.7 cm³/mol. The lowest BCUT2D eigenvalue weighted by atomic mass is 9.95. The molecule has 1 unspecified atom stereocenters. The van der Waals surface area contributed by atoms with Crippen molar-refractivity contribution >= 4 is 33.8 Å². The van der Waals surface area contributed by atoms with Gasteiger partial charge in [0.25, 0.3) is 10.0 Å². The molecule has 0 amide bonds. The Hall–Kier alpha value is -0.140. The maximum Gasteiger partial charge on any atom is 0.252 e. The van der Waals surface area contributed by atoms with Crippen LogP contribution >= 0.6 is 23.7 Å². The van der Waals surface area contributed by atoms with Crippen molar-refractivity contribution in [3.63, 3.8) is 0 Å². The second-order valence-electron chi connectivity index (χ2n) is 6.80. The Morgan fingerprint density at radius 2 is 2.05 bits per heavy atom.